The van der Waals surface area contributed by atoms with Gasteiger partial charge in [-0.3, -0.25) is 4.79 Å². The van der Waals surface area contributed by atoms with Crippen molar-refractivity contribution < 1.29 is 9.90 Å². The molecule has 1 amide bonds. The Bertz CT molecular complexity index is 713. The molecule has 0 spiro atoms. The van der Waals surface area contributed by atoms with E-state index in [-0.39, 0.29) is 43.3 Å². The van der Waals surface area contributed by atoms with Gasteiger partial charge in [-0.15, -0.1) is 24.8 Å². The van der Waals surface area contributed by atoms with Crippen LogP contribution >= 0.6 is 24.8 Å². The molecule has 0 fully saturated rings. The Morgan fingerprint density at radius 2 is 2.00 bits per heavy atom. The number of hydrogen-bond acceptors (Lipinski definition) is 5. The first-order valence-electron chi connectivity index (χ1n) is 8.07. The summed E-state index contributed by atoms with van der Waals surface area (Å²) in [5, 5.41) is 19.4. The first kappa shape index (κ1) is 22.2. The summed E-state index contributed by atoms with van der Waals surface area (Å²) in [6.45, 7) is 0.938. The number of anilines is 1. The number of aliphatic hydroxyl groups is 1. The SMILES string of the molecule is CNc1ccc(C(=O)NC[C@@H](O)[C@@H]2Cc3ccccc3CN2)cn1.Cl.Cl. The van der Waals surface area contributed by atoms with Gasteiger partial charge in [0.05, 0.1) is 11.7 Å². The molecule has 3 rings (SSSR count). The van der Waals surface area contributed by atoms with Gasteiger partial charge in [-0.2, -0.15) is 0 Å². The monoisotopic (exact) mass is 398 g/mol. The number of fused-ring (bicyclic) bond motifs is 1. The topological polar surface area (TPSA) is 86.3 Å². The molecule has 2 aromatic rings. The minimum Gasteiger partial charge on any atom is -0.390 e. The molecule has 0 bridgehead atoms. The predicted octanol–water partition coefficient (Wildman–Crippen LogP) is 1.77. The number of nitrogens with one attached hydrogen (secondary N) is 3. The van der Waals surface area contributed by atoms with Crippen LogP contribution in [0.4, 0.5) is 5.82 Å². The van der Waals surface area contributed by atoms with Crippen molar-refractivity contribution in [1.82, 2.24) is 15.6 Å². The fourth-order valence-electron chi connectivity index (χ4n) is 2.87. The predicted molar refractivity (Wildman–Crippen MR) is 107 cm³/mol. The minimum absolute atomic E-state index is 0. The number of halogens is 2. The van der Waals surface area contributed by atoms with Crippen LogP contribution in [0.1, 0.15) is 21.5 Å². The average Bonchev–Trinajstić information content (AvgIpc) is 2.65. The lowest BCUT2D eigenvalue weighted by Crippen LogP contribution is -2.49. The zero-order valence-corrected chi connectivity index (χ0v) is 16.1. The van der Waals surface area contributed by atoms with Crippen LogP contribution in [0.2, 0.25) is 0 Å². The number of hydrogen-bond donors (Lipinski definition) is 4. The van der Waals surface area contributed by atoms with E-state index in [1.165, 1.54) is 17.3 Å². The summed E-state index contributed by atoms with van der Waals surface area (Å²) in [5.41, 5.74) is 2.99. The van der Waals surface area contributed by atoms with Crippen LogP contribution in [0.25, 0.3) is 0 Å². The molecule has 6 nitrogen and oxygen atoms in total. The summed E-state index contributed by atoms with van der Waals surface area (Å²) in [7, 11) is 1.77. The third-order valence-electron chi connectivity index (χ3n) is 4.33. The molecule has 1 aliphatic rings. The fraction of sp³-hybridized carbons (Fsp3) is 0.333. The van der Waals surface area contributed by atoms with E-state index in [0.717, 1.165) is 13.0 Å². The van der Waals surface area contributed by atoms with Crippen molar-refractivity contribution in [1.29, 1.82) is 0 Å². The van der Waals surface area contributed by atoms with Gasteiger partial charge in [0.15, 0.2) is 0 Å². The maximum Gasteiger partial charge on any atom is 0.252 e. The van der Waals surface area contributed by atoms with Crippen molar-refractivity contribution in [2.45, 2.75) is 25.1 Å². The molecule has 2 heterocycles. The Hall–Kier alpha value is -1.86. The van der Waals surface area contributed by atoms with E-state index >= 15 is 0 Å². The number of aromatic nitrogens is 1. The van der Waals surface area contributed by atoms with Crippen LogP contribution < -0.4 is 16.0 Å². The average molecular weight is 399 g/mol. The number of carbonyl (C=O) groups is 1. The van der Waals surface area contributed by atoms with Gasteiger partial charge in [0, 0.05) is 32.4 Å². The Kier molecular flexibility index (Phi) is 8.81. The van der Waals surface area contributed by atoms with E-state index < -0.39 is 6.10 Å². The molecule has 26 heavy (non-hydrogen) atoms. The second-order valence-electron chi connectivity index (χ2n) is 5.92. The normalized spacial score (nSPS) is 16.3. The fourth-order valence-corrected chi connectivity index (χ4v) is 2.87. The highest BCUT2D eigenvalue weighted by Gasteiger charge is 2.24. The third-order valence-corrected chi connectivity index (χ3v) is 4.33. The van der Waals surface area contributed by atoms with Gasteiger partial charge < -0.3 is 21.1 Å². The summed E-state index contributed by atoms with van der Waals surface area (Å²) in [4.78, 5) is 16.2. The van der Waals surface area contributed by atoms with Crippen LogP contribution in [0.5, 0.6) is 0 Å². The van der Waals surface area contributed by atoms with Crippen LogP contribution in [0.3, 0.4) is 0 Å². The standard InChI is InChI=1S/C18H22N4O2.2ClH/c1-19-17-7-6-14(10-21-17)18(24)22-11-16(23)15-8-12-4-2-3-5-13(12)9-20-15;;/h2-7,10,15-16,20,23H,8-9,11H2,1H3,(H,19,21)(H,22,24);2*1H/t15-,16+;;/m0../s1. The Morgan fingerprint density at radius 3 is 2.65 bits per heavy atom. The quantitative estimate of drug-likeness (QED) is 0.616. The molecule has 1 aliphatic heterocycles. The first-order valence-corrected chi connectivity index (χ1v) is 8.07. The molecule has 0 saturated carbocycles. The van der Waals surface area contributed by atoms with Crippen molar-refractivity contribution in [3.8, 4) is 0 Å². The highest BCUT2D eigenvalue weighted by molar-refractivity contribution is 5.94. The summed E-state index contributed by atoms with van der Waals surface area (Å²) < 4.78 is 0. The number of benzene rings is 1. The van der Waals surface area contributed by atoms with Crippen molar-refractivity contribution >= 4 is 36.5 Å². The maximum absolute atomic E-state index is 12.1. The van der Waals surface area contributed by atoms with Crippen molar-refractivity contribution in [3.05, 3.63) is 59.3 Å². The van der Waals surface area contributed by atoms with Crippen molar-refractivity contribution in [3.63, 3.8) is 0 Å². The molecule has 142 valence electrons. The van der Waals surface area contributed by atoms with Gasteiger partial charge in [0.25, 0.3) is 5.91 Å². The number of rotatable bonds is 5. The molecule has 0 unspecified atom stereocenters. The lowest BCUT2D eigenvalue weighted by Gasteiger charge is -2.30. The molecular weight excluding hydrogens is 375 g/mol. The number of aliphatic hydroxyl groups excluding tert-OH is 1. The lowest BCUT2D eigenvalue weighted by atomic mass is 9.93. The molecule has 1 aromatic carbocycles. The first-order chi connectivity index (χ1) is 11.7. The minimum atomic E-state index is -0.646. The van der Waals surface area contributed by atoms with E-state index in [0.29, 0.717) is 11.4 Å². The lowest BCUT2D eigenvalue weighted by molar-refractivity contribution is 0.0869. The summed E-state index contributed by atoms with van der Waals surface area (Å²) in [6.07, 6.45) is 1.63. The van der Waals surface area contributed by atoms with Crippen molar-refractivity contribution in [2.75, 3.05) is 18.9 Å². The number of amides is 1. The molecular formula is C18H24Cl2N4O2. The molecule has 2 atom stereocenters. The smallest absolute Gasteiger partial charge is 0.252 e. The van der Waals surface area contributed by atoms with Gasteiger partial charge in [0.1, 0.15) is 5.82 Å². The Balaban J connectivity index is 0.00000169. The third kappa shape index (κ3) is 5.32. The van der Waals surface area contributed by atoms with Crippen LogP contribution in [-0.4, -0.2) is 41.7 Å². The molecule has 4 N–H and O–H groups in total. The number of nitrogens with zero attached hydrogens (tertiary/aromatic N) is 1. The summed E-state index contributed by atoms with van der Waals surface area (Å²) >= 11 is 0. The zero-order chi connectivity index (χ0) is 16.9. The highest BCUT2D eigenvalue weighted by Crippen LogP contribution is 2.17. The Labute approximate surface area is 165 Å². The van der Waals surface area contributed by atoms with Crippen LogP contribution in [0, 0.1) is 0 Å². The van der Waals surface area contributed by atoms with Crippen LogP contribution in [0.15, 0.2) is 42.6 Å². The number of carbonyl (C=O) groups excluding carboxylic acids is 1. The van der Waals surface area contributed by atoms with Gasteiger partial charge >= 0.3 is 0 Å². The second kappa shape index (κ2) is 10.3. The summed E-state index contributed by atoms with van der Waals surface area (Å²) in [6, 6.07) is 11.6. The molecule has 1 aromatic heterocycles. The van der Waals surface area contributed by atoms with Crippen molar-refractivity contribution in [2.24, 2.45) is 0 Å². The summed E-state index contributed by atoms with van der Waals surface area (Å²) in [5.74, 6) is 0.470. The zero-order valence-electron chi connectivity index (χ0n) is 14.4. The van der Waals surface area contributed by atoms with E-state index in [1.807, 2.05) is 12.1 Å². The molecule has 0 radical (unpaired) electrons. The van der Waals surface area contributed by atoms with Gasteiger partial charge in [-0.1, -0.05) is 24.3 Å². The second-order valence-corrected chi connectivity index (χ2v) is 5.92. The van der Waals surface area contributed by atoms with E-state index in [9.17, 15) is 9.90 Å². The van der Waals surface area contributed by atoms with Crippen LogP contribution in [-0.2, 0) is 13.0 Å². The van der Waals surface area contributed by atoms with Gasteiger partial charge in [-0.05, 0) is 29.7 Å². The Morgan fingerprint density at radius 1 is 1.27 bits per heavy atom. The van der Waals surface area contributed by atoms with E-state index in [4.69, 9.17) is 0 Å². The molecule has 8 heteroatoms. The van der Waals surface area contributed by atoms with Gasteiger partial charge in [-0.25, -0.2) is 4.98 Å². The largest absolute Gasteiger partial charge is 0.390 e. The highest BCUT2D eigenvalue weighted by atomic mass is 35.5. The number of pyridine rings is 1. The molecule has 0 aliphatic carbocycles. The molecule has 0 saturated heterocycles. The maximum atomic E-state index is 12.1. The van der Waals surface area contributed by atoms with Gasteiger partial charge in [0.2, 0.25) is 0 Å². The van der Waals surface area contributed by atoms with E-state index in [1.54, 1.807) is 19.2 Å². The van der Waals surface area contributed by atoms with E-state index in [2.05, 4.69) is 33.1 Å².